The third-order valence-corrected chi connectivity index (χ3v) is 3.61. The molecule has 1 aliphatic carbocycles. The van der Waals surface area contributed by atoms with E-state index in [-0.39, 0.29) is 5.82 Å². The Kier molecular flexibility index (Phi) is 5.32. The Morgan fingerprint density at radius 3 is 2.75 bits per heavy atom. The SMILES string of the molecule is CN=C(NCCc1cc(F)ccc1F)NC1CCCC1. The van der Waals surface area contributed by atoms with Crippen LogP contribution in [0.25, 0.3) is 0 Å². The summed E-state index contributed by atoms with van der Waals surface area (Å²) in [6.45, 7) is 0.521. The van der Waals surface area contributed by atoms with E-state index < -0.39 is 5.82 Å². The maximum atomic E-state index is 13.5. The molecule has 110 valence electrons. The Labute approximate surface area is 118 Å². The molecule has 0 bridgehead atoms. The fourth-order valence-electron chi connectivity index (χ4n) is 2.51. The lowest BCUT2D eigenvalue weighted by Gasteiger charge is -2.16. The van der Waals surface area contributed by atoms with Gasteiger partial charge in [0.25, 0.3) is 0 Å². The second-order valence-corrected chi connectivity index (χ2v) is 5.11. The van der Waals surface area contributed by atoms with Crippen molar-refractivity contribution < 1.29 is 8.78 Å². The standard InChI is InChI=1S/C15H21F2N3/c1-18-15(20-13-4-2-3-5-13)19-9-8-11-10-12(16)6-7-14(11)17/h6-7,10,13H,2-5,8-9H2,1H3,(H2,18,19,20). The highest BCUT2D eigenvalue weighted by Crippen LogP contribution is 2.17. The van der Waals surface area contributed by atoms with Crippen LogP contribution in [0.5, 0.6) is 0 Å². The van der Waals surface area contributed by atoms with E-state index in [1.807, 2.05) is 0 Å². The van der Waals surface area contributed by atoms with Gasteiger partial charge in [-0.2, -0.15) is 0 Å². The number of aliphatic imine (C=N–C) groups is 1. The van der Waals surface area contributed by atoms with Crippen LogP contribution in [0.2, 0.25) is 0 Å². The van der Waals surface area contributed by atoms with E-state index in [1.54, 1.807) is 7.05 Å². The number of hydrogen-bond donors (Lipinski definition) is 2. The molecule has 0 saturated heterocycles. The van der Waals surface area contributed by atoms with Gasteiger partial charge >= 0.3 is 0 Å². The summed E-state index contributed by atoms with van der Waals surface area (Å²) in [5.74, 6) is -0.0458. The second kappa shape index (κ2) is 7.22. The summed E-state index contributed by atoms with van der Waals surface area (Å²) in [5.41, 5.74) is 0.383. The maximum absolute atomic E-state index is 13.5. The Hall–Kier alpha value is -1.65. The van der Waals surface area contributed by atoms with Crippen molar-refractivity contribution in [2.45, 2.75) is 38.1 Å². The summed E-state index contributed by atoms with van der Waals surface area (Å²) in [6, 6.07) is 4.01. The van der Waals surface area contributed by atoms with Crippen molar-refractivity contribution in [3.8, 4) is 0 Å². The van der Waals surface area contributed by atoms with Gasteiger partial charge in [0, 0.05) is 19.6 Å². The summed E-state index contributed by atoms with van der Waals surface area (Å²) in [7, 11) is 1.72. The van der Waals surface area contributed by atoms with E-state index in [0.717, 1.165) is 18.1 Å². The van der Waals surface area contributed by atoms with Crippen LogP contribution in [-0.4, -0.2) is 25.6 Å². The predicted octanol–water partition coefficient (Wildman–Crippen LogP) is 2.61. The summed E-state index contributed by atoms with van der Waals surface area (Å²) in [5, 5.41) is 6.49. The molecule has 1 aliphatic rings. The normalized spacial score (nSPS) is 16.4. The molecule has 0 spiro atoms. The summed E-state index contributed by atoms with van der Waals surface area (Å²) < 4.78 is 26.5. The topological polar surface area (TPSA) is 36.4 Å². The number of halogens is 2. The highest BCUT2D eigenvalue weighted by Gasteiger charge is 2.15. The van der Waals surface area contributed by atoms with Crippen LogP contribution in [0.4, 0.5) is 8.78 Å². The van der Waals surface area contributed by atoms with Crippen LogP contribution in [0.15, 0.2) is 23.2 Å². The first-order valence-electron chi connectivity index (χ1n) is 7.10. The molecular weight excluding hydrogens is 260 g/mol. The summed E-state index contributed by atoms with van der Waals surface area (Å²) >= 11 is 0. The van der Waals surface area contributed by atoms with Crippen LogP contribution in [0.3, 0.4) is 0 Å². The molecule has 1 aromatic carbocycles. The van der Waals surface area contributed by atoms with Crippen LogP contribution < -0.4 is 10.6 Å². The lowest BCUT2D eigenvalue weighted by molar-refractivity contribution is 0.580. The fourth-order valence-corrected chi connectivity index (χ4v) is 2.51. The van der Waals surface area contributed by atoms with Crippen LogP contribution in [0.1, 0.15) is 31.2 Å². The summed E-state index contributed by atoms with van der Waals surface area (Å²) in [6.07, 6.45) is 5.26. The van der Waals surface area contributed by atoms with Gasteiger partial charge in [-0.1, -0.05) is 12.8 Å². The van der Waals surface area contributed by atoms with Crippen molar-refractivity contribution in [3.63, 3.8) is 0 Å². The number of nitrogens with zero attached hydrogens (tertiary/aromatic N) is 1. The largest absolute Gasteiger partial charge is 0.356 e. The molecule has 20 heavy (non-hydrogen) atoms. The smallest absolute Gasteiger partial charge is 0.191 e. The highest BCUT2D eigenvalue weighted by molar-refractivity contribution is 5.79. The number of nitrogens with one attached hydrogen (secondary N) is 2. The predicted molar refractivity (Wildman–Crippen MR) is 76.8 cm³/mol. The van der Waals surface area contributed by atoms with Crippen molar-refractivity contribution in [1.29, 1.82) is 0 Å². The van der Waals surface area contributed by atoms with Crippen molar-refractivity contribution in [1.82, 2.24) is 10.6 Å². The lowest BCUT2D eigenvalue weighted by Crippen LogP contribution is -2.43. The molecule has 2 rings (SSSR count). The second-order valence-electron chi connectivity index (χ2n) is 5.11. The first-order chi connectivity index (χ1) is 9.69. The Morgan fingerprint density at radius 1 is 1.30 bits per heavy atom. The highest BCUT2D eigenvalue weighted by atomic mass is 19.1. The zero-order chi connectivity index (χ0) is 14.4. The third-order valence-electron chi connectivity index (χ3n) is 3.61. The molecule has 0 aromatic heterocycles. The van der Waals surface area contributed by atoms with Gasteiger partial charge in [0.1, 0.15) is 11.6 Å². The minimum absolute atomic E-state index is 0.369. The molecule has 1 fully saturated rings. The number of benzene rings is 1. The molecule has 5 heteroatoms. The lowest BCUT2D eigenvalue weighted by atomic mass is 10.1. The molecule has 1 saturated carbocycles. The van der Waals surface area contributed by atoms with Crippen LogP contribution >= 0.6 is 0 Å². The minimum Gasteiger partial charge on any atom is -0.356 e. The van der Waals surface area contributed by atoms with Gasteiger partial charge in [-0.05, 0) is 43.0 Å². The van der Waals surface area contributed by atoms with E-state index in [4.69, 9.17) is 0 Å². The zero-order valence-electron chi connectivity index (χ0n) is 11.8. The molecule has 0 amide bonds. The van der Waals surface area contributed by atoms with Crippen LogP contribution in [-0.2, 0) is 6.42 Å². The molecule has 2 N–H and O–H groups in total. The maximum Gasteiger partial charge on any atom is 0.191 e. The fraction of sp³-hybridized carbons (Fsp3) is 0.533. The van der Waals surface area contributed by atoms with Crippen molar-refractivity contribution in [3.05, 3.63) is 35.4 Å². The van der Waals surface area contributed by atoms with E-state index in [9.17, 15) is 8.78 Å². The van der Waals surface area contributed by atoms with Gasteiger partial charge in [0.05, 0.1) is 0 Å². The van der Waals surface area contributed by atoms with Crippen LogP contribution in [0, 0.1) is 11.6 Å². The Bertz CT molecular complexity index is 468. The van der Waals surface area contributed by atoms with Crippen molar-refractivity contribution in [2.24, 2.45) is 4.99 Å². The molecule has 0 aliphatic heterocycles. The first kappa shape index (κ1) is 14.8. The number of guanidine groups is 1. The van der Waals surface area contributed by atoms with Crippen molar-refractivity contribution in [2.75, 3.05) is 13.6 Å². The molecular formula is C15H21F2N3. The van der Waals surface area contributed by atoms with Gasteiger partial charge in [-0.3, -0.25) is 4.99 Å². The summed E-state index contributed by atoms with van der Waals surface area (Å²) in [4.78, 5) is 4.15. The van der Waals surface area contributed by atoms with Crippen molar-refractivity contribution >= 4 is 5.96 Å². The van der Waals surface area contributed by atoms with E-state index in [1.165, 1.54) is 31.7 Å². The van der Waals surface area contributed by atoms with E-state index in [0.29, 0.717) is 24.6 Å². The number of hydrogen-bond acceptors (Lipinski definition) is 1. The Balaban J connectivity index is 1.80. The van der Waals surface area contributed by atoms with Gasteiger partial charge in [-0.25, -0.2) is 8.78 Å². The molecule has 1 aromatic rings. The Morgan fingerprint density at radius 2 is 2.05 bits per heavy atom. The van der Waals surface area contributed by atoms with E-state index >= 15 is 0 Å². The van der Waals surface area contributed by atoms with Gasteiger partial charge in [0.2, 0.25) is 0 Å². The zero-order valence-corrected chi connectivity index (χ0v) is 11.8. The van der Waals surface area contributed by atoms with Gasteiger partial charge in [-0.15, -0.1) is 0 Å². The van der Waals surface area contributed by atoms with E-state index in [2.05, 4.69) is 15.6 Å². The molecule has 0 atom stereocenters. The first-order valence-corrected chi connectivity index (χ1v) is 7.10. The quantitative estimate of drug-likeness (QED) is 0.657. The molecule has 0 radical (unpaired) electrons. The van der Waals surface area contributed by atoms with Gasteiger partial charge in [0.15, 0.2) is 5.96 Å². The monoisotopic (exact) mass is 281 g/mol. The number of rotatable bonds is 4. The molecule has 0 unspecified atom stereocenters. The molecule has 0 heterocycles. The van der Waals surface area contributed by atoms with Gasteiger partial charge < -0.3 is 10.6 Å². The average Bonchev–Trinajstić information content (AvgIpc) is 2.94. The third kappa shape index (κ3) is 4.18. The molecule has 3 nitrogen and oxygen atoms in total. The average molecular weight is 281 g/mol. The minimum atomic E-state index is -0.408.